The van der Waals surface area contributed by atoms with E-state index < -0.39 is 26.4 Å². The molecule has 0 atom stereocenters. The molecule has 2 aromatic rings. The number of sulfonamides is 1. The van der Waals surface area contributed by atoms with E-state index in [1.54, 1.807) is 12.1 Å². The molecule has 4 nitrogen and oxygen atoms in total. The molecule has 0 aliphatic carbocycles. The minimum absolute atomic E-state index is 0.178. The fourth-order valence-electron chi connectivity index (χ4n) is 3.23. The molecule has 0 radical (unpaired) electrons. The number of hydrogen-bond acceptors (Lipinski definition) is 3. The largest absolute Gasteiger partial charge is 0.417 e. The number of benzene rings is 2. The summed E-state index contributed by atoms with van der Waals surface area (Å²) < 4.78 is 34.7. The lowest BCUT2D eigenvalue weighted by molar-refractivity contribution is 0.277. The molecule has 38 heavy (non-hydrogen) atoms. The number of unbranched alkanes of at least 4 members (excludes halogenated alkanes) is 2. The van der Waals surface area contributed by atoms with Crippen LogP contribution in [0.3, 0.4) is 0 Å². The van der Waals surface area contributed by atoms with Gasteiger partial charge < -0.3 is 4.43 Å². The van der Waals surface area contributed by atoms with Gasteiger partial charge in [0.2, 0.25) is 0 Å². The van der Waals surface area contributed by atoms with Crippen LogP contribution in [0.4, 0.5) is 0 Å². The molecule has 0 saturated heterocycles. The van der Waals surface area contributed by atoms with Gasteiger partial charge in [0.15, 0.2) is 8.32 Å². The Bertz CT molecular complexity index is 1300. The van der Waals surface area contributed by atoms with Crippen LogP contribution in [0.5, 0.6) is 0 Å². The van der Waals surface area contributed by atoms with Crippen molar-refractivity contribution < 1.29 is 12.8 Å². The lowest BCUT2D eigenvalue weighted by Gasteiger charge is -2.36. The third-order valence-electron chi connectivity index (χ3n) is 6.70. The Morgan fingerprint density at radius 2 is 1.42 bits per heavy atom. The molecule has 0 unspecified atom stereocenters. The maximum atomic E-state index is 13.6. The van der Waals surface area contributed by atoms with Crippen LogP contribution in [0.15, 0.2) is 53.4 Å². The molecule has 0 aliphatic rings. The summed E-state index contributed by atoms with van der Waals surface area (Å²) in [6.07, 6.45) is 2.47. The number of rotatable bonds is 9. The van der Waals surface area contributed by atoms with Crippen LogP contribution < -0.4 is 0 Å². The molecule has 0 fully saturated rings. The highest BCUT2D eigenvalue weighted by atomic mass is 32.2. The van der Waals surface area contributed by atoms with Gasteiger partial charge >= 0.3 is 0 Å². The van der Waals surface area contributed by atoms with Crippen molar-refractivity contribution >= 4 is 26.4 Å². The van der Waals surface area contributed by atoms with Gasteiger partial charge in [-0.2, -0.15) is 0 Å². The van der Waals surface area contributed by atoms with Gasteiger partial charge in [-0.25, -0.2) is 12.7 Å². The van der Waals surface area contributed by atoms with E-state index in [1.807, 2.05) is 43.3 Å². The molecule has 0 spiro atoms. The zero-order valence-electron chi connectivity index (χ0n) is 24.7. The van der Waals surface area contributed by atoms with Crippen LogP contribution >= 0.6 is 0 Å². The molecule has 0 amide bonds. The second-order valence-corrected chi connectivity index (χ2v) is 23.8. The predicted octanol–water partition coefficient (Wildman–Crippen LogP) is 7.42. The van der Waals surface area contributed by atoms with E-state index in [0.717, 1.165) is 29.5 Å². The summed E-state index contributed by atoms with van der Waals surface area (Å²) in [4.78, 5) is 0.255. The van der Waals surface area contributed by atoms with Gasteiger partial charge in [-0.15, -0.1) is 5.54 Å². The van der Waals surface area contributed by atoms with Gasteiger partial charge in [-0.1, -0.05) is 76.2 Å². The first-order valence-corrected chi connectivity index (χ1v) is 21.2. The maximum Gasteiger partial charge on any atom is 0.270 e. The summed E-state index contributed by atoms with van der Waals surface area (Å²) in [6.45, 7) is 20.8. The molecular formula is C31H45NO3SSi2. The molecule has 0 N–H and O–H groups in total. The molecule has 0 bridgehead atoms. The summed E-state index contributed by atoms with van der Waals surface area (Å²) in [6, 6.07) is 17.6. The second kappa shape index (κ2) is 13.2. The van der Waals surface area contributed by atoms with E-state index in [0.29, 0.717) is 19.6 Å². The van der Waals surface area contributed by atoms with Gasteiger partial charge in [-0.05, 0) is 74.5 Å². The van der Waals surface area contributed by atoms with Crippen LogP contribution in [0.2, 0.25) is 37.8 Å². The molecule has 0 aromatic heterocycles. The Hall–Kier alpha value is -2.30. The minimum atomic E-state index is -3.77. The first-order valence-electron chi connectivity index (χ1n) is 13.4. The zero-order chi connectivity index (χ0) is 28.6. The van der Waals surface area contributed by atoms with Crippen molar-refractivity contribution in [3.05, 3.63) is 65.2 Å². The Kier molecular flexibility index (Phi) is 11.1. The van der Waals surface area contributed by atoms with Crippen LogP contribution in [0.1, 0.15) is 56.7 Å². The highest BCUT2D eigenvalue weighted by molar-refractivity contribution is 7.89. The van der Waals surface area contributed by atoms with E-state index in [1.165, 1.54) is 4.31 Å². The molecule has 7 heteroatoms. The van der Waals surface area contributed by atoms with Crippen molar-refractivity contribution in [2.45, 2.75) is 89.6 Å². The van der Waals surface area contributed by atoms with E-state index in [-0.39, 0.29) is 9.93 Å². The van der Waals surface area contributed by atoms with Crippen LogP contribution in [-0.2, 0) is 14.4 Å². The lowest BCUT2D eigenvalue weighted by atomic mass is 10.1. The second-order valence-electron chi connectivity index (χ2n) is 12.3. The molecule has 0 saturated carbocycles. The summed E-state index contributed by atoms with van der Waals surface area (Å²) in [5.41, 5.74) is 5.97. The number of aryl methyl sites for hydroxylation is 1. The predicted molar refractivity (Wildman–Crippen MR) is 166 cm³/mol. The summed E-state index contributed by atoms with van der Waals surface area (Å²) in [7, 11) is -7.10. The van der Waals surface area contributed by atoms with E-state index >= 15 is 0 Å². The van der Waals surface area contributed by atoms with Crippen molar-refractivity contribution in [2.75, 3.05) is 13.2 Å². The molecule has 0 heterocycles. The molecule has 0 aliphatic heterocycles. The smallest absolute Gasteiger partial charge is 0.270 e. The quantitative estimate of drug-likeness (QED) is 0.137. The van der Waals surface area contributed by atoms with Crippen molar-refractivity contribution in [2.24, 2.45) is 0 Å². The Balaban J connectivity index is 2.24. The van der Waals surface area contributed by atoms with E-state index in [4.69, 9.17) is 4.43 Å². The van der Waals surface area contributed by atoms with Gasteiger partial charge in [0.1, 0.15) is 8.07 Å². The fourth-order valence-corrected chi connectivity index (χ4v) is 6.10. The first kappa shape index (κ1) is 31.9. The topological polar surface area (TPSA) is 46.6 Å². The monoisotopic (exact) mass is 567 g/mol. The Morgan fingerprint density at radius 3 is 1.97 bits per heavy atom. The third kappa shape index (κ3) is 9.78. The maximum absolute atomic E-state index is 13.6. The van der Waals surface area contributed by atoms with Crippen molar-refractivity contribution in [3.63, 3.8) is 0 Å². The summed E-state index contributed by atoms with van der Waals surface area (Å²) in [5, 5.41) is 0.178. The number of hydrogen-bond donors (Lipinski definition) is 0. The van der Waals surface area contributed by atoms with E-state index in [2.05, 4.69) is 76.9 Å². The average Bonchev–Trinajstić information content (AvgIpc) is 2.81. The van der Waals surface area contributed by atoms with Crippen LogP contribution in [-0.4, -0.2) is 42.3 Å². The van der Waals surface area contributed by atoms with Crippen molar-refractivity contribution in [1.82, 2.24) is 4.31 Å². The normalized spacial score (nSPS) is 12.2. The van der Waals surface area contributed by atoms with Crippen LogP contribution in [0.25, 0.3) is 0 Å². The summed E-state index contributed by atoms with van der Waals surface area (Å²) >= 11 is 0. The van der Waals surface area contributed by atoms with E-state index in [9.17, 15) is 8.42 Å². The lowest BCUT2D eigenvalue weighted by Crippen LogP contribution is -2.40. The standard InChI is InChI=1S/C31H45NO3SSi2/c1-27-17-19-30(20-18-27)36(33,34)32(23-13-10-14-25-35-38(8,9)31(2,3)4)24-21-28-15-11-12-16-29(28)22-26-37(5,6)7/h11-12,15-20H,10,13-14,23,25H2,1-9H3. The molecule has 2 aromatic carbocycles. The highest BCUT2D eigenvalue weighted by Crippen LogP contribution is 2.36. The van der Waals surface area contributed by atoms with Crippen LogP contribution in [0, 0.1) is 30.4 Å². The number of nitrogens with zero attached hydrogens (tertiary/aromatic N) is 1. The minimum Gasteiger partial charge on any atom is -0.417 e. The highest BCUT2D eigenvalue weighted by Gasteiger charge is 2.36. The first-order chi connectivity index (χ1) is 17.5. The van der Waals surface area contributed by atoms with Crippen molar-refractivity contribution in [3.8, 4) is 23.4 Å². The molecule has 2 rings (SSSR count). The Labute approximate surface area is 234 Å². The van der Waals surface area contributed by atoms with Gasteiger partial charge in [0.05, 0.1) is 4.90 Å². The molecular weight excluding hydrogens is 523 g/mol. The third-order valence-corrected chi connectivity index (χ3v) is 13.8. The average molecular weight is 568 g/mol. The van der Waals surface area contributed by atoms with Gasteiger partial charge in [0, 0.05) is 30.3 Å². The fraction of sp³-hybridized carbons (Fsp3) is 0.484. The van der Waals surface area contributed by atoms with Gasteiger partial charge in [-0.3, -0.25) is 0 Å². The summed E-state index contributed by atoms with van der Waals surface area (Å²) in [5.74, 6) is 6.39. The SMILES string of the molecule is Cc1ccc(S(=O)(=O)N(C#Cc2ccccc2C#C[Si](C)(C)C)CCCCCO[Si](C)(C)C(C)(C)C)cc1. The van der Waals surface area contributed by atoms with Crippen molar-refractivity contribution in [1.29, 1.82) is 0 Å². The zero-order valence-corrected chi connectivity index (χ0v) is 27.6. The van der Waals surface area contributed by atoms with Gasteiger partial charge in [0.25, 0.3) is 10.0 Å². The Morgan fingerprint density at radius 1 is 0.842 bits per heavy atom. The molecule has 206 valence electrons.